The van der Waals surface area contributed by atoms with Gasteiger partial charge in [0.05, 0.1) is 12.1 Å². The minimum Gasteiger partial charge on any atom is -0.493 e. The van der Waals surface area contributed by atoms with Crippen LogP contribution in [0.15, 0.2) is 40.9 Å². The normalized spacial score (nSPS) is 11.5. The van der Waals surface area contributed by atoms with Gasteiger partial charge in [0, 0.05) is 28.5 Å². The summed E-state index contributed by atoms with van der Waals surface area (Å²) in [5.41, 5.74) is 2.09. The molecule has 0 bridgehead atoms. The molecule has 0 saturated heterocycles. The summed E-state index contributed by atoms with van der Waals surface area (Å²) in [5, 5.41) is 5.45. The Morgan fingerprint density at radius 3 is 2.61 bits per heavy atom. The maximum absolute atomic E-state index is 14.8. The van der Waals surface area contributed by atoms with Crippen LogP contribution in [-0.2, 0) is 7.05 Å². The number of fused-ring (bicyclic) bond motifs is 1. The fourth-order valence-electron chi connectivity index (χ4n) is 3.28. The van der Waals surface area contributed by atoms with Crippen LogP contribution in [0.3, 0.4) is 0 Å². The number of rotatable bonds is 9. The van der Waals surface area contributed by atoms with Gasteiger partial charge in [-0.05, 0) is 63.8 Å². The van der Waals surface area contributed by atoms with Crippen molar-refractivity contribution in [3.8, 4) is 17.0 Å². The molecule has 0 aliphatic carbocycles. The maximum Gasteiger partial charge on any atom is 0.136 e. The molecule has 28 heavy (non-hydrogen) atoms. The van der Waals surface area contributed by atoms with Crippen LogP contribution < -0.4 is 4.74 Å². The van der Waals surface area contributed by atoms with E-state index < -0.39 is 0 Å². The Balaban J connectivity index is 1.62. The summed E-state index contributed by atoms with van der Waals surface area (Å²) in [7, 11) is 6.05. The van der Waals surface area contributed by atoms with Crippen molar-refractivity contribution in [1.82, 2.24) is 14.7 Å². The molecule has 0 aliphatic rings. The Morgan fingerprint density at radius 1 is 1.07 bits per heavy atom. The second kappa shape index (κ2) is 9.52. The van der Waals surface area contributed by atoms with Gasteiger partial charge in [0.25, 0.3) is 0 Å². The second-order valence-corrected chi connectivity index (χ2v) is 8.26. The molecule has 0 aliphatic heterocycles. The first-order valence-electron chi connectivity index (χ1n) is 9.65. The molecule has 0 unspecified atom stereocenters. The molecule has 3 aromatic rings. The van der Waals surface area contributed by atoms with Gasteiger partial charge in [0.1, 0.15) is 17.3 Å². The van der Waals surface area contributed by atoms with Gasteiger partial charge in [0.2, 0.25) is 0 Å². The minimum atomic E-state index is -0.314. The maximum atomic E-state index is 14.8. The number of unbranched alkanes of at least 4 members (excludes halogenated alkanes) is 3. The van der Waals surface area contributed by atoms with E-state index in [0.29, 0.717) is 23.6 Å². The number of halogens is 2. The third-order valence-electron chi connectivity index (χ3n) is 4.78. The van der Waals surface area contributed by atoms with E-state index in [4.69, 9.17) is 4.74 Å². The minimum absolute atomic E-state index is 0.314. The van der Waals surface area contributed by atoms with Crippen molar-refractivity contribution < 1.29 is 9.13 Å². The topological polar surface area (TPSA) is 30.3 Å². The van der Waals surface area contributed by atoms with Gasteiger partial charge in [-0.25, -0.2) is 4.39 Å². The van der Waals surface area contributed by atoms with E-state index in [2.05, 4.69) is 40.0 Å². The monoisotopic (exact) mass is 447 g/mol. The number of nitrogens with zero attached hydrogens (tertiary/aromatic N) is 3. The summed E-state index contributed by atoms with van der Waals surface area (Å²) in [6.45, 7) is 1.73. The Kier molecular flexibility index (Phi) is 7.08. The Bertz CT molecular complexity index is 939. The van der Waals surface area contributed by atoms with E-state index in [1.165, 1.54) is 18.9 Å². The molecule has 2 aromatic carbocycles. The van der Waals surface area contributed by atoms with Crippen molar-refractivity contribution in [1.29, 1.82) is 0 Å². The van der Waals surface area contributed by atoms with Crippen LogP contribution in [0.2, 0.25) is 0 Å². The van der Waals surface area contributed by atoms with E-state index in [0.717, 1.165) is 34.8 Å². The van der Waals surface area contributed by atoms with Gasteiger partial charge in [0.15, 0.2) is 0 Å². The first-order chi connectivity index (χ1) is 13.5. The lowest BCUT2D eigenvalue weighted by atomic mass is 10.1. The highest BCUT2D eigenvalue weighted by molar-refractivity contribution is 9.10. The fourth-order valence-corrected chi connectivity index (χ4v) is 3.63. The average Bonchev–Trinajstić information content (AvgIpc) is 2.96. The number of aromatic nitrogens is 2. The quantitative estimate of drug-likeness (QED) is 0.397. The SMILES string of the molecule is CN(C)CCCCCCOc1ccc(-c2nn(C)c3cc(Br)ccc23)c(F)c1. The van der Waals surface area contributed by atoms with Crippen LogP contribution in [0.25, 0.3) is 22.2 Å². The van der Waals surface area contributed by atoms with Gasteiger partial charge < -0.3 is 9.64 Å². The van der Waals surface area contributed by atoms with E-state index >= 15 is 0 Å². The molecular formula is C22H27BrFN3O. The molecule has 150 valence electrons. The van der Waals surface area contributed by atoms with Gasteiger partial charge in [-0.3, -0.25) is 4.68 Å². The Labute approximate surface area is 174 Å². The summed E-state index contributed by atoms with van der Waals surface area (Å²) >= 11 is 3.47. The van der Waals surface area contributed by atoms with Crippen molar-refractivity contribution >= 4 is 26.8 Å². The lowest BCUT2D eigenvalue weighted by molar-refractivity contribution is 0.300. The zero-order valence-corrected chi connectivity index (χ0v) is 18.3. The van der Waals surface area contributed by atoms with Crippen molar-refractivity contribution in [2.75, 3.05) is 27.2 Å². The van der Waals surface area contributed by atoms with Crippen molar-refractivity contribution in [3.05, 3.63) is 46.7 Å². The zero-order chi connectivity index (χ0) is 20.1. The molecule has 0 atom stereocenters. The van der Waals surface area contributed by atoms with Crippen molar-refractivity contribution in [2.45, 2.75) is 25.7 Å². The van der Waals surface area contributed by atoms with Crippen molar-refractivity contribution in [2.24, 2.45) is 7.05 Å². The first kappa shape index (κ1) is 20.8. The predicted molar refractivity (Wildman–Crippen MR) is 116 cm³/mol. The number of benzene rings is 2. The Hall–Kier alpha value is -1.92. The van der Waals surface area contributed by atoms with E-state index in [-0.39, 0.29) is 5.82 Å². The largest absolute Gasteiger partial charge is 0.493 e. The van der Waals surface area contributed by atoms with Crippen LogP contribution in [-0.4, -0.2) is 41.9 Å². The number of hydrogen-bond acceptors (Lipinski definition) is 3. The molecule has 0 N–H and O–H groups in total. The predicted octanol–water partition coefficient (Wildman–Crippen LogP) is 5.64. The van der Waals surface area contributed by atoms with Crippen LogP contribution in [0, 0.1) is 5.82 Å². The Morgan fingerprint density at radius 2 is 1.86 bits per heavy atom. The van der Waals surface area contributed by atoms with E-state index in [1.807, 2.05) is 31.3 Å². The third-order valence-corrected chi connectivity index (χ3v) is 5.27. The van der Waals surface area contributed by atoms with Gasteiger partial charge in [-0.15, -0.1) is 0 Å². The molecule has 1 aromatic heterocycles. The summed E-state index contributed by atoms with van der Waals surface area (Å²) in [4.78, 5) is 2.20. The van der Waals surface area contributed by atoms with Crippen LogP contribution in [0.5, 0.6) is 5.75 Å². The fraction of sp³-hybridized carbons (Fsp3) is 0.409. The van der Waals surface area contributed by atoms with Gasteiger partial charge >= 0.3 is 0 Å². The summed E-state index contributed by atoms with van der Waals surface area (Å²) in [6.07, 6.45) is 4.50. The molecule has 6 heteroatoms. The summed E-state index contributed by atoms with van der Waals surface area (Å²) in [6, 6.07) is 10.9. The van der Waals surface area contributed by atoms with Gasteiger partial charge in [-0.1, -0.05) is 28.8 Å². The molecule has 1 heterocycles. The van der Waals surface area contributed by atoms with Crippen LogP contribution in [0.1, 0.15) is 25.7 Å². The van der Waals surface area contributed by atoms with E-state index in [1.54, 1.807) is 10.7 Å². The highest BCUT2D eigenvalue weighted by atomic mass is 79.9. The molecule has 0 radical (unpaired) electrons. The average molecular weight is 448 g/mol. The molecule has 0 amide bonds. The standard InChI is InChI=1S/C22H27BrFN3O/c1-26(2)12-6-4-5-7-13-28-17-9-11-18(20(24)15-17)22-19-10-8-16(23)14-21(19)27(3)25-22/h8-11,14-15H,4-7,12-13H2,1-3H3. The number of ether oxygens (including phenoxy) is 1. The second-order valence-electron chi connectivity index (χ2n) is 7.34. The molecule has 0 fully saturated rings. The molecule has 3 rings (SSSR count). The van der Waals surface area contributed by atoms with Crippen LogP contribution in [0.4, 0.5) is 4.39 Å². The van der Waals surface area contributed by atoms with E-state index in [9.17, 15) is 4.39 Å². The third kappa shape index (κ3) is 5.11. The highest BCUT2D eigenvalue weighted by Gasteiger charge is 2.15. The molecule has 0 saturated carbocycles. The smallest absolute Gasteiger partial charge is 0.136 e. The molecular weight excluding hydrogens is 421 g/mol. The summed E-state index contributed by atoms with van der Waals surface area (Å²) in [5.74, 6) is 0.254. The highest BCUT2D eigenvalue weighted by Crippen LogP contribution is 2.32. The molecule has 4 nitrogen and oxygen atoms in total. The molecule has 0 spiro atoms. The number of aryl methyl sites for hydroxylation is 1. The summed E-state index contributed by atoms with van der Waals surface area (Å²) < 4.78 is 23.2. The lowest BCUT2D eigenvalue weighted by Gasteiger charge is -2.10. The zero-order valence-electron chi connectivity index (χ0n) is 16.7. The number of hydrogen-bond donors (Lipinski definition) is 0. The lowest BCUT2D eigenvalue weighted by Crippen LogP contribution is -2.12. The van der Waals surface area contributed by atoms with Crippen LogP contribution >= 0.6 is 15.9 Å². The van der Waals surface area contributed by atoms with Gasteiger partial charge in [-0.2, -0.15) is 5.10 Å². The first-order valence-corrected chi connectivity index (χ1v) is 10.4. The van der Waals surface area contributed by atoms with Crippen molar-refractivity contribution in [3.63, 3.8) is 0 Å².